The van der Waals surface area contributed by atoms with E-state index in [0.29, 0.717) is 28.2 Å². The molecule has 1 fully saturated rings. The number of carbonyl (C=O) groups is 3. The summed E-state index contributed by atoms with van der Waals surface area (Å²) in [5.74, 6) is -0.952. The van der Waals surface area contributed by atoms with Crippen LogP contribution in [0.3, 0.4) is 0 Å². The van der Waals surface area contributed by atoms with Gasteiger partial charge in [-0.25, -0.2) is 10.3 Å². The standard InChI is InChI=1S/C19H26Cl2N4O4/c1-11(2)17(23-19(28)22-13-6-7-14(20)15(21)8-13)18(27)25(10-16(26)24-29)9-12-4-3-5-12/h6-8,11-12,17,29H,3-5,9-10H2,1-2H3,(H,24,26)(H2,22,23,28)/t17-/m0/s1. The monoisotopic (exact) mass is 444 g/mol. The van der Waals surface area contributed by atoms with Crippen LogP contribution in [0, 0.1) is 11.8 Å². The molecule has 0 unspecified atom stereocenters. The number of nitrogens with one attached hydrogen (secondary N) is 3. The van der Waals surface area contributed by atoms with Crippen molar-refractivity contribution in [3.63, 3.8) is 0 Å². The van der Waals surface area contributed by atoms with Gasteiger partial charge in [0.25, 0.3) is 5.91 Å². The Morgan fingerprint density at radius 2 is 1.90 bits per heavy atom. The summed E-state index contributed by atoms with van der Waals surface area (Å²) in [6, 6.07) is 3.23. The van der Waals surface area contributed by atoms with Gasteiger partial charge in [0.1, 0.15) is 12.6 Å². The second-order valence-corrected chi connectivity index (χ2v) is 8.31. The minimum Gasteiger partial charge on any atom is -0.331 e. The van der Waals surface area contributed by atoms with Crippen molar-refractivity contribution in [2.75, 3.05) is 18.4 Å². The first-order valence-electron chi connectivity index (χ1n) is 9.45. The lowest BCUT2D eigenvalue weighted by Gasteiger charge is -2.34. The average molecular weight is 445 g/mol. The van der Waals surface area contributed by atoms with Crippen molar-refractivity contribution in [1.29, 1.82) is 0 Å². The third kappa shape index (κ3) is 6.76. The lowest BCUT2D eigenvalue weighted by Crippen LogP contribution is -2.55. The zero-order valence-corrected chi connectivity index (χ0v) is 17.9. The SMILES string of the molecule is CC(C)[C@H](NC(=O)Nc1ccc(Cl)c(Cl)c1)C(=O)N(CC(=O)NO)CC1CCC1. The van der Waals surface area contributed by atoms with Gasteiger partial charge >= 0.3 is 6.03 Å². The van der Waals surface area contributed by atoms with E-state index in [4.69, 9.17) is 28.4 Å². The van der Waals surface area contributed by atoms with Crippen molar-refractivity contribution in [2.45, 2.75) is 39.2 Å². The molecular formula is C19H26Cl2N4O4. The van der Waals surface area contributed by atoms with E-state index in [1.165, 1.54) is 11.0 Å². The number of anilines is 1. The molecule has 1 aliphatic rings. The van der Waals surface area contributed by atoms with Gasteiger partial charge in [0.05, 0.1) is 10.0 Å². The van der Waals surface area contributed by atoms with Crippen LogP contribution in [0.15, 0.2) is 18.2 Å². The van der Waals surface area contributed by atoms with Crippen molar-refractivity contribution < 1.29 is 19.6 Å². The number of carbonyl (C=O) groups excluding carboxylic acids is 3. The van der Waals surface area contributed by atoms with E-state index in [2.05, 4.69) is 10.6 Å². The molecule has 4 amide bonds. The first-order valence-corrected chi connectivity index (χ1v) is 10.2. The normalized spacial score (nSPS) is 14.7. The molecule has 0 aromatic heterocycles. The fourth-order valence-electron chi connectivity index (χ4n) is 3.02. The number of amides is 4. The smallest absolute Gasteiger partial charge is 0.319 e. The van der Waals surface area contributed by atoms with Crippen molar-refractivity contribution in [3.05, 3.63) is 28.2 Å². The average Bonchev–Trinajstić information content (AvgIpc) is 2.63. The van der Waals surface area contributed by atoms with E-state index >= 15 is 0 Å². The van der Waals surface area contributed by atoms with Crippen LogP contribution in [0.5, 0.6) is 0 Å². The Hall–Kier alpha value is -2.03. The molecule has 4 N–H and O–H groups in total. The highest BCUT2D eigenvalue weighted by Crippen LogP contribution is 2.28. The van der Waals surface area contributed by atoms with Crippen LogP contribution in [0.4, 0.5) is 10.5 Å². The summed E-state index contributed by atoms with van der Waals surface area (Å²) < 4.78 is 0. The Labute approximate surface area is 179 Å². The van der Waals surface area contributed by atoms with E-state index in [-0.39, 0.29) is 18.4 Å². The van der Waals surface area contributed by atoms with Crippen LogP contribution in [0.2, 0.25) is 10.0 Å². The molecular weight excluding hydrogens is 419 g/mol. The first-order chi connectivity index (χ1) is 13.7. The maximum absolute atomic E-state index is 13.1. The number of rotatable bonds is 8. The predicted octanol–water partition coefficient (Wildman–Crippen LogP) is 3.27. The summed E-state index contributed by atoms with van der Waals surface area (Å²) in [7, 11) is 0. The third-order valence-corrected chi connectivity index (χ3v) is 5.61. The number of urea groups is 1. The second-order valence-electron chi connectivity index (χ2n) is 7.50. The number of hydroxylamine groups is 1. The number of hydrogen-bond acceptors (Lipinski definition) is 4. The van der Waals surface area contributed by atoms with E-state index < -0.39 is 18.0 Å². The van der Waals surface area contributed by atoms with Crippen LogP contribution in [0.25, 0.3) is 0 Å². The summed E-state index contributed by atoms with van der Waals surface area (Å²) in [5, 5.41) is 14.8. The molecule has 0 aliphatic heterocycles. The molecule has 0 spiro atoms. The number of benzene rings is 1. The van der Waals surface area contributed by atoms with Crippen molar-refractivity contribution in [2.24, 2.45) is 11.8 Å². The highest BCUT2D eigenvalue weighted by atomic mass is 35.5. The summed E-state index contributed by atoms with van der Waals surface area (Å²) in [6.07, 6.45) is 3.07. The van der Waals surface area contributed by atoms with Gasteiger partial charge in [-0.1, -0.05) is 43.5 Å². The minimum atomic E-state index is -0.843. The Kier molecular flexibility index (Phi) is 8.55. The molecule has 2 rings (SSSR count). The Morgan fingerprint density at radius 3 is 2.41 bits per heavy atom. The van der Waals surface area contributed by atoms with Gasteiger partial charge in [0.15, 0.2) is 0 Å². The van der Waals surface area contributed by atoms with Gasteiger partial charge in [-0.2, -0.15) is 0 Å². The lowest BCUT2D eigenvalue weighted by molar-refractivity contribution is -0.142. The minimum absolute atomic E-state index is 0.219. The largest absolute Gasteiger partial charge is 0.331 e. The molecule has 0 saturated heterocycles. The molecule has 8 nitrogen and oxygen atoms in total. The fourth-order valence-corrected chi connectivity index (χ4v) is 3.32. The zero-order chi connectivity index (χ0) is 21.6. The molecule has 1 aromatic rings. The Morgan fingerprint density at radius 1 is 1.21 bits per heavy atom. The van der Waals surface area contributed by atoms with Crippen molar-refractivity contribution in [1.82, 2.24) is 15.7 Å². The van der Waals surface area contributed by atoms with Gasteiger partial charge < -0.3 is 15.5 Å². The van der Waals surface area contributed by atoms with E-state index in [1.807, 2.05) is 0 Å². The van der Waals surface area contributed by atoms with E-state index in [1.54, 1.807) is 31.5 Å². The topological polar surface area (TPSA) is 111 Å². The molecule has 10 heteroatoms. The van der Waals surface area contributed by atoms with Gasteiger partial charge in [-0.3, -0.25) is 14.8 Å². The van der Waals surface area contributed by atoms with Crippen molar-refractivity contribution >= 4 is 46.7 Å². The van der Waals surface area contributed by atoms with Crippen LogP contribution in [0.1, 0.15) is 33.1 Å². The summed E-state index contributed by atoms with van der Waals surface area (Å²) in [6.45, 7) is 3.74. The molecule has 29 heavy (non-hydrogen) atoms. The molecule has 0 bridgehead atoms. The maximum Gasteiger partial charge on any atom is 0.319 e. The van der Waals surface area contributed by atoms with Crippen LogP contribution in [-0.4, -0.2) is 47.1 Å². The molecule has 160 valence electrons. The maximum atomic E-state index is 13.1. The summed E-state index contributed by atoms with van der Waals surface area (Å²) in [5.41, 5.74) is 1.98. The Bertz CT molecular complexity index is 756. The number of hydrogen-bond donors (Lipinski definition) is 4. The van der Waals surface area contributed by atoms with Crippen LogP contribution < -0.4 is 16.1 Å². The zero-order valence-electron chi connectivity index (χ0n) is 16.4. The Balaban J connectivity index is 2.07. The molecule has 1 aromatic carbocycles. The van der Waals surface area contributed by atoms with Gasteiger partial charge in [-0.15, -0.1) is 0 Å². The molecule has 1 atom stereocenters. The molecule has 0 radical (unpaired) electrons. The first kappa shape index (κ1) is 23.3. The highest BCUT2D eigenvalue weighted by molar-refractivity contribution is 6.42. The molecule has 0 heterocycles. The van der Waals surface area contributed by atoms with Gasteiger partial charge in [-0.05, 0) is 42.9 Å². The number of nitrogens with zero attached hydrogens (tertiary/aromatic N) is 1. The predicted molar refractivity (Wildman–Crippen MR) is 111 cm³/mol. The van der Waals surface area contributed by atoms with Gasteiger partial charge in [0.2, 0.25) is 5.91 Å². The van der Waals surface area contributed by atoms with Crippen LogP contribution >= 0.6 is 23.2 Å². The third-order valence-electron chi connectivity index (χ3n) is 4.87. The molecule has 1 saturated carbocycles. The fraction of sp³-hybridized carbons (Fsp3) is 0.526. The van der Waals surface area contributed by atoms with Crippen LogP contribution in [-0.2, 0) is 9.59 Å². The second kappa shape index (κ2) is 10.7. The van der Waals surface area contributed by atoms with E-state index in [0.717, 1.165) is 19.3 Å². The highest BCUT2D eigenvalue weighted by Gasteiger charge is 2.32. The van der Waals surface area contributed by atoms with Crippen molar-refractivity contribution in [3.8, 4) is 0 Å². The summed E-state index contributed by atoms with van der Waals surface area (Å²) >= 11 is 11.8. The summed E-state index contributed by atoms with van der Waals surface area (Å²) in [4.78, 5) is 38.6. The van der Waals surface area contributed by atoms with E-state index in [9.17, 15) is 14.4 Å². The quantitative estimate of drug-likeness (QED) is 0.364. The van der Waals surface area contributed by atoms with Gasteiger partial charge in [0, 0.05) is 12.2 Å². The lowest BCUT2D eigenvalue weighted by atomic mass is 9.85. The number of halogens is 2. The molecule has 1 aliphatic carbocycles.